The number of nitrogens with zero attached hydrogens (tertiary/aromatic N) is 1. The molecule has 0 aromatic heterocycles. The summed E-state index contributed by atoms with van der Waals surface area (Å²) in [7, 11) is -3.45. The van der Waals surface area contributed by atoms with Gasteiger partial charge in [-0.2, -0.15) is 4.31 Å². The Labute approximate surface area is 109 Å². The quantitative estimate of drug-likeness (QED) is 0.884. The monoisotopic (exact) mass is 268 g/mol. The van der Waals surface area contributed by atoms with Crippen LogP contribution in [-0.2, 0) is 10.0 Å². The van der Waals surface area contributed by atoms with E-state index in [-0.39, 0.29) is 6.04 Å². The van der Waals surface area contributed by atoms with Crippen LogP contribution in [-0.4, -0.2) is 30.8 Å². The first-order valence-electron chi connectivity index (χ1n) is 6.11. The number of hydrogen-bond donors (Lipinski definition) is 1. The average Bonchev–Trinajstić information content (AvgIpc) is 2.54. The highest BCUT2D eigenvalue weighted by Crippen LogP contribution is 2.33. The number of benzene rings is 1. The number of nitrogens with two attached hydrogens (primary N) is 1. The van der Waals surface area contributed by atoms with Crippen molar-refractivity contribution in [1.29, 1.82) is 0 Å². The van der Waals surface area contributed by atoms with Crippen LogP contribution in [0.25, 0.3) is 0 Å². The normalized spacial score (nSPS) is 24.3. The van der Waals surface area contributed by atoms with Crippen molar-refractivity contribution in [2.75, 3.05) is 6.54 Å². The fourth-order valence-electron chi connectivity index (χ4n) is 2.42. The van der Waals surface area contributed by atoms with Crippen molar-refractivity contribution in [3.8, 4) is 0 Å². The Bertz CT molecular complexity index is 552. The van der Waals surface area contributed by atoms with E-state index in [1.165, 1.54) is 4.31 Å². The third-order valence-corrected chi connectivity index (χ3v) is 5.85. The van der Waals surface area contributed by atoms with Gasteiger partial charge in [0.15, 0.2) is 0 Å². The first kappa shape index (κ1) is 13.5. The molecule has 1 fully saturated rings. The van der Waals surface area contributed by atoms with E-state index >= 15 is 0 Å². The lowest BCUT2D eigenvalue weighted by atomic mass is 9.98. The van der Waals surface area contributed by atoms with Gasteiger partial charge in [-0.3, -0.25) is 0 Å². The van der Waals surface area contributed by atoms with E-state index < -0.39 is 15.6 Å². The van der Waals surface area contributed by atoms with E-state index in [4.69, 9.17) is 5.73 Å². The molecule has 5 heteroatoms. The minimum absolute atomic E-state index is 0.114. The summed E-state index contributed by atoms with van der Waals surface area (Å²) in [6.45, 7) is 6.15. The fraction of sp³-hybridized carbons (Fsp3) is 0.538. The van der Waals surface area contributed by atoms with Crippen LogP contribution in [0.1, 0.15) is 25.8 Å². The molecule has 1 aromatic rings. The molecule has 0 spiro atoms. The maximum Gasteiger partial charge on any atom is 0.243 e. The van der Waals surface area contributed by atoms with Crippen molar-refractivity contribution in [3.05, 3.63) is 29.8 Å². The average molecular weight is 268 g/mol. The van der Waals surface area contributed by atoms with E-state index in [0.717, 1.165) is 5.56 Å². The zero-order chi connectivity index (χ0) is 13.6. The van der Waals surface area contributed by atoms with Gasteiger partial charge in [-0.15, -0.1) is 0 Å². The Balaban J connectivity index is 2.45. The first-order valence-corrected chi connectivity index (χ1v) is 7.55. The molecular formula is C13H20N2O2S. The van der Waals surface area contributed by atoms with Crippen LogP contribution in [0.15, 0.2) is 29.2 Å². The molecule has 1 aliphatic rings. The zero-order valence-corrected chi connectivity index (χ0v) is 11.9. The molecule has 0 amide bonds. The Morgan fingerprint density at radius 2 is 2.06 bits per heavy atom. The molecule has 1 unspecified atom stereocenters. The van der Waals surface area contributed by atoms with Gasteiger partial charge in [0.1, 0.15) is 0 Å². The summed E-state index contributed by atoms with van der Waals surface area (Å²) in [5, 5.41) is 0. The predicted molar refractivity (Wildman–Crippen MR) is 71.7 cm³/mol. The molecule has 1 aromatic carbocycles. The molecule has 4 nitrogen and oxygen atoms in total. The summed E-state index contributed by atoms with van der Waals surface area (Å²) >= 11 is 0. The van der Waals surface area contributed by atoms with Crippen LogP contribution in [0.3, 0.4) is 0 Å². The maximum absolute atomic E-state index is 12.6. The van der Waals surface area contributed by atoms with E-state index in [9.17, 15) is 8.42 Å². The van der Waals surface area contributed by atoms with Crippen molar-refractivity contribution in [3.63, 3.8) is 0 Å². The third-order valence-electron chi connectivity index (χ3n) is 3.77. The lowest BCUT2D eigenvalue weighted by Gasteiger charge is -2.33. The van der Waals surface area contributed by atoms with Crippen LogP contribution in [0, 0.1) is 6.92 Å². The predicted octanol–water partition coefficient (Wildman–Crippen LogP) is 1.50. The highest BCUT2D eigenvalue weighted by molar-refractivity contribution is 7.89. The molecule has 1 atom stereocenters. The fourth-order valence-corrected chi connectivity index (χ4v) is 4.36. The smallest absolute Gasteiger partial charge is 0.243 e. The van der Waals surface area contributed by atoms with Crippen LogP contribution in [0.2, 0.25) is 0 Å². The summed E-state index contributed by atoms with van der Waals surface area (Å²) in [5.41, 5.74) is 6.42. The molecule has 18 heavy (non-hydrogen) atoms. The van der Waals surface area contributed by atoms with E-state index in [1.807, 2.05) is 26.8 Å². The van der Waals surface area contributed by atoms with E-state index in [1.54, 1.807) is 18.2 Å². The largest absolute Gasteiger partial charge is 0.326 e. The Morgan fingerprint density at radius 1 is 1.39 bits per heavy atom. The number of sulfonamides is 1. The summed E-state index contributed by atoms with van der Waals surface area (Å²) in [6.07, 6.45) is 0.706. The Morgan fingerprint density at radius 3 is 2.56 bits per heavy atom. The third kappa shape index (κ3) is 2.06. The number of hydrogen-bond acceptors (Lipinski definition) is 3. The minimum atomic E-state index is -3.45. The first-order chi connectivity index (χ1) is 8.26. The minimum Gasteiger partial charge on any atom is -0.326 e. The standard InChI is InChI=1S/C13H20N2O2S/c1-10-5-4-6-11(9-10)18(16,17)15-8-7-12(14)13(15,2)3/h4-6,9,12H,7-8,14H2,1-3H3. The summed E-state index contributed by atoms with van der Waals surface area (Å²) < 4.78 is 26.8. The summed E-state index contributed by atoms with van der Waals surface area (Å²) in [6, 6.07) is 6.89. The van der Waals surface area contributed by atoms with Gasteiger partial charge < -0.3 is 5.73 Å². The highest BCUT2D eigenvalue weighted by atomic mass is 32.2. The second-order valence-corrected chi connectivity index (χ2v) is 7.30. The van der Waals surface area contributed by atoms with Gasteiger partial charge in [0.25, 0.3) is 0 Å². The van der Waals surface area contributed by atoms with Gasteiger partial charge in [0, 0.05) is 18.1 Å². The molecule has 2 N–H and O–H groups in total. The molecule has 1 aliphatic heterocycles. The molecule has 1 saturated heterocycles. The summed E-state index contributed by atoms with van der Waals surface area (Å²) in [4.78, 5) is 0.352. The van der Waals surface area contributed by atoms with Crippen LogP contribution < -0.4 is 5.73 Å². The second kappa shape index (κ2) is 4.33. The molecule has 0 aliphatic carbocycles. The van der Waals surface area contributed by atoms with E-state index in [0.29, 0.717) is 17.9 Å². The lowest BCUT2D eigenvalue weighted by Crippen LogP contribution is -2.50. The van der Waals surface area contributed by atoms with Gasteiger partial charge in [0.05, 0.1) is 4.90 Å². The van der Waals surface area contributed by atoms with Gasteiger partial charge in [-0.25, -0.2) is 8.42 Å². The highest BCUT2D eigenvalue weighted by Gasteiger charge is 2.45. The van der Waals surface area contributed by atoms with E-state index in [2.05, 4.69) is 0 Å². The van der Waals surface area contributed by atoms with Crippen molar-refractivity contribution < 1.29 is 8.42 Å². The van der Waals surface area contributed by atoms with Crippen molar-refractivity contribution in [2.45, 2.75) is 43.7 Å². The van der Waals surface area contributed by atoms with Crippen LogP contribution in [0.4, 0.5) is 0 Å². The topological polar surface area (TPSA) is 63.4 Å². The number of aryl methyl sites for hydroxylation is 1. The molecule has 0 radical (unpaired) electrons. The summed E-state index contributed by atoms with van der Waals surface area (Å²) in [5.74, 6) is 0. The van der Waals surface area contributed by atoms with Gasteiger partial charge >= 0.3 is 0 Å². The maximum atomic E-state index is 12.6. The molecule has 1 heterocycles. The zero-order valence-electron chi connectivity index (χ0n) is 11.1. The molecule has 0 saturated carbocycles. The second-order valence-electron chi connectivity index (χ2n) is 5.44. The molecular weight excluding hydrogens is 248 g/mol. The van der Waals surface area contributed by atoms with Gasteiger partial charge in [0.2, 0.25) is 10.0 Å². The van der Waals surface area contributed by atoms with Crippen molar-refractivity contribution in [2.24, 2.45) is 5.73 Å². The van der Waals surface area contributed by atoms with Gasteiger partial charge in [-0.1, -0.05) is 12.1 Å². The number of rotatable bonds is 2. The SMILES string of the molecule is Cc1cccc(S(=O)(=O)N2CCC(N)C2(C)C)c1. The Hall–Kier alpha value is -0.910. The van der Waals surface area contributed by atoms with Crippen LogP contribution >= 0.6 is 0 Å². The molecule has 2 rings (SSSR count). The molecule has 100 valence electrons. The Kier molecular flexibility index (Phi) is 3.25. The van der Waals surface area contributed by atoms with Crippen molar-refractivity contribution >= 4 is 10.0 Å². The molecule has 0 bridgehead atoms. The van der Waals surface area contributed by atoms with Crippen LogP contribution in [0.5, 0.6) is 0 Å². The lowest BCUT2D eigenvalue weighted by molar-refractivity contribution is 0.270. The van der Waals surface area contributed by atoms with Crippen molar-refractivity contribution in [1.82, 2.24) is 4.31 Å². The van der Waals surface area contributed by atoms with Gasteiger partial charge in [-0.05, 0) is 44.9 Å².